The molecule has 2 nitrogen and oxygen atoms in total. The number of halogens is 1. The first-order chi connectivity index (χ1) is 6.29. The number of aliphatic hydroxyl groups is 1. The van der Waals surface area contributed by atoms with Gasteiger partial charge in [0.15, 0.2) is 0 Å². The first kappa shape index (κ1) is 10.7. The van der Waals surface area contributed by atoms with Crippen LogP contribution in [0.2, 0.25) is 0 Å². The third-order valence-electron chi connectivity index (χ3n) is 1.88. The maximum absolute atomic E-state index is 8.88. The van der Waals surface area contributed by atoms with Crippen molar-refractivity contribution in [1.29, 1.82) is 0 Å². The summed E-state index contributed by atoms with van der Waals surface area (Å²) in [5.41, 5.74) is 2.26. The Balaban J connectivity index is 2.95. The Morgan fingerprint density at radius 1 is 1.46 bits per heavy atom. The van der Waals surface area contributed by atoms with Gasteiger partial charge in [0.1, 0.15) is 0 Å². The number of ether oxygens (including phenoxy) is 1. The summed E-state index contributed by atoms with van der Waals surface area (Å²) in [5.74, 6) is 0. The molecule has 0 amide bonds. The Morgan fingerprint density at radius 2 is 2.23 bits per heavy atom. The van der Waals surface area contributed by atoms with E-state index in [4.69, 9.17) is 9.84 Å². The maximum Gasteiger partial charge on any atom is 0.0716 e. The summed E-state index contributed by atoms with van der Waals surface area (Å²) in [6, 6.07) is 5.96. The molecule has 0 saturated carbocycles. The van der Waals surface area contributed by atoms with E-state index in [1.54, 1.807) is 7.11 Å². The average Bonchev–Trinajstić information content (AvgIpc) is 2.11. The van der Waals surface area contributed by atoms with Crippen LogP contribution in [-0.2, 0) is 17.8 Å². The van der Waals surface area contributed by atoms with Gasteiger partial charge < -0.3 is 9.84 Å². The summed E-state index contributed by atoms with van der Waals surface area (Å²) < 4.78 is 6.11. The molecule has 0 aliphatic rings. The molecule has 3 heteroatoms. The highest BCUT2D eigenvalue weighted by Gasteiger charge is 2.04. The molecule has 0 saturated heterocycles. The largest absolute Gasteiger partial charge is 0.396 e. The van der Waals surface area contributed by atoms with Crippen LogP contribution in [0.1, 0.15) is 11.1 Å². The van der Waals surface area contributed by atoms with Crippen molar-refractivity contribution >= 4 is 15.9 Å². The molecule has 0 aromatic heterocycles. The van der Waals surface area contributed by atoms with Crippen LogP contribution in [0.5, 0.6) is 0 Å². The van der Waals surface area contributed by atoms with Gasteiger partial charge in [0, 0.05) is 18.2 Å². The van der Waals surface area contributed by atoms with E-state index in [1.807, 2.05) is 18.2 Å². The predicted molar refractivity (Wildman–Crippen MR) is 55.6 cm³/mol. The van der Waals surface area contributed by atoms with Gasteiger partial charge in [0.25, 0.3) is 0 Å². The van der Waals surface area contributed by atoms with Gasteiger partial charge in [-0.25, -0.2) is 0 Å². The first-order valence-electron chi connectivity index (χ1n) is 4.15. The number of rotatable bonds is 4. The predicted octanol–water partition coefficient (Wildman–Crippen LogP) is 2.13. The van der Waals surface area contributed by atoms with Gasteiger partial charge in [-0.15, -0.1) is 0 Å². The molecule has 0 radical (unpaired) electrons. The number of methoxy groups -OCH3 is 1. The number of hydrogen-bond donors (Lipinski definition) is 1. The minimum Gasteiger partial charge on any atom is -0.396 e. The molecule has 0 unspecified atom stereocenters. The smallest absolute Gasteiger partial charge is 0.0716 e. The number of aliphatic hydroxyl groups excluding tert-OH is 1. The standard InChI is InChI=1S/C10H13BrO2/c1-13-7-8-3-2-4-10(11)9(8)5-6-12/h2-4,12H,5-7H2,1H3. The molecule has 72 valence electrons. The lowest BCUT2D eigenvalue weighted by Gasteiger charge is -2.09. The number of hydrogen-bond acceptors (Lipinski definition) is 2. The third-order valence-corrected chi connectivity index (χ3v) is 2.62. The Kier molecular flexibility index (Phi) is 4.42. The minimum atomic E-state index is 0.166. The molecule has 1 N–H and O–H groups in total. The first-order valence-corrected chi connectivity index (χ1v) is 4.95. The highest BCUT2D eigenvalue weighted by Crippen LogP contribution is 2.21. The van der Waals surface area contributed by atoms with Gasteiger partial charge in [-0.1, -0.05) is 28.1 Å². The zero-order chi connectivity index (χ0) is 9.68. The van der Waals surface area contributed by atoms with Crippen LogP contribution in [0.15, 0.2) is 22.7 Å². The van der Waals surface area contributed by atoms with Crippen molar-refractivity contribution in [3.63, 3.8) is 0 Å². The molecule has 0 fully saturated rings. The van der Waals surface area contributed by atoms with E-state index in [-0.39, 0.29) is 6.61 Å². The van der Waals surface area contributed by atoms with Gasteiger partial charge in [0.2, 0.25) is 0 Å². The van der Waals surface area contributed by atoms with Crippen molar-refractivity contribution in [2.45, 2.75) is 13.0 Å². The lowest BCUT2D eigenvalue weighted by atomic mass is 10.1. The second-order valence-electron chi connectivity index (χ2n) is 2.78. The van der Waals surface area contributed by atoms with E-state index < -0.39 is 0 Å². The normalized spacial score (nSPS) is 10.4. The molecular weight excluding hydrogens is 232 g/mol. The minimum absolute atomic E-state index is 0.166. The molecule has 1 aromatic carbocycles. The highest BCUT2D eigenvalue weighted by molar-refractivity contribution is 9.10. The fraction of sp³-hybridized carbons (Fsp3) is 0.400. The molecule has 1 aromatic rings. The van der Waals surface area contributed by atoms with Crippen molar-refractivity contribution in [3.05, 3.63) is 33.8 Å². The zero-order valence-electron chi connectivity index (χ0n) is 7.59. The van der Waals surface area contributed by atoms with Crippen LogP contribution in [0.3, 0.4) is 0 Å². The summed E-state index contributed by atoms with van der Waals surface area (Å²) in [6.45, 7) is 0.758. The molecule has 0 bridgehead atoms. The van der Waals surface area contributed by atoms with E-state index in [2.05, 4.69) is 15.9 Å². The van der Waals surface area contributed by atoms with Gasteiger partial charge >= 0.3 is 0 Å². The quantitative estimate of drug-likeness (QED) is 0.880. The van der Waals surface area contributed by atoms with Gasteiger partial charge in [-0.2, -0.15) is 0 Å². The van der Waals surface area contributed by atoms with E-state index >= 15 is 0 Å². The molecule has 1 rings (SSSR count). The van der Waals surface area contributed by atoms with E-state index in [0.717, 1.165) is 15.6 Å². The fourth-order valence-corrected chi connectivity index (χ4v) is 1.89. The van der Waals surface area contributed by atoms with E-state index in [0.29, 0.717) is 13.0 Å². The topological polar surface area (TPSA) is 29.5 Å². The summed E-state index contributed by atoms with van der Waals surface area (Å²) in [5, 5.41) is 8.88. The second kappa shape index (κ2) is 5.37. The second-order valence-corrected chi connectivity index (χ2v) is 3.64. The van der Waals surface area contributed by atoms with Crippen molar-refractivity contribution < 1.29 is 9.84 Å². The molecule has 0 heterocycles. The highest BCUT2D eigenvalue weighted by atomic mass is 79.9. The molecular formula is C10H13BrO2. The Morgan fingerprint density at radius 3 is 2.85 bits per heavy atom. The van der Waals surface area contributed by atoms with Gasteiger partial charge in [-0.05, 0) is 23.6 Å². The summed E-state index contributed by atoms with van der Waals surface area (Å²) in [4.78, 5) is 0. The molecule has 0 aliphatic carbocycles. The monoisotopic (exact) mass is 244 g/mol. The van der Waals surface area contributed by atoms with Crippen molar-refractivity contribution in [1.82, 2.24) is 0 Å². The third kappa shape index (κ3) is 2.79. The summed E-state index contributed by atoms with van der Waals surface area (Å²) in [7, 11) is 1.67. The van der Waals surface area contributed by atoms with Crippen LogP contribution in [0.4, 0.5) is 0 Å². The molecule has 13 heavy (non-hydrogen) atoms. The van der Waals surface area contributed by atoms with Crippen molar-refractivity contribution in [2.24, 2.45) is 0 Å². The maximum atomic E-state index is 8.88. The lowest BCUT2D eigenvalue weighted by molar-refractivity contribution is 0.183. The van der Waals surface area contributed by atoms with E-state index in [9.17, 15) is 0 Å². The SMILES string of the molecule is COCc1cccc(Br)c1CCO. The number of benzene rings is 1. The Bertz CT molecular complexity index is 274. The summed E-state index contributed by atoms with van der Waals surface area (Å²) >= 11 is 3.45. The average molecular weight is 245 g/mol. The van der Waals surface area contributed by atoms with Crippen LogP contribution < -0.4 is 0 Å². The van der Waals surface area contributed by atoms with Crippen LogP contribution >= 0.6 is 15.9 Å². The molecule has 0 spiro atoms. The molecule has 0 atom stereocenters. The van der Waals surface area contributed by atoms with Crippen LogP contribution in [0, 0.1) is 0 Å². The summed E-state index contributed by atoms with van der Waals surface area (Å²) in [6.07, 6.45) is 0.667. The van der Waals surface area contributed by atoms with Crippen molar-refractivity contribution in [2.75, 3.05) is 13.7 Å². The zero-order valence-corrected chi connectivity index (χ0v) is 9.17. The Hall–Kier alpha value is -0.380. The van der Waals surface area contributed by atoms with Crippen molar-refractivity contribution in [3.8, 4) is 0 Å². The van der Waals surface area contributed by atoms with E-state index in [1.165, 1.54) is 0 Å². The lowest BCUT2D eigenvalue weighted by Crippen LogP contribution is -1.99. The van der Waals surface area contributed by atoms with Gasteiger partial charge in [-0.3, -0.25) is 0 Å². The fourth-order valence-electron chi connectivity index (χ4n) is 1.29. The Labute approximate surface area is 86.7 Å². The van der Waals surface area contributed by atoms with Crippen LogP contribution in [-0.4, -0.2) is 18.8 Å². The van der Waals surface area contributed by atoms with Gasteiger partial charge in [0.05, 0.1) is 6.61 Å². The van der Waals surface area contributed by atoms with Crippen LogP contribution in [0.25, 0.3) is 0 Å². The molecule has 0 aliphatic heterocycles.